The van der Waals surface area contributed by atoms with Gasteiger partial charge < -0.3 is 33.8 Å². The van der Waals surface area contributed by atoms with Gasteiger partial charge in [0.05, 0.1) is 26.4 Å². The van der Waals surface area contributed by atoms with Crippen LogP contribution in [0.25, 0.3) is 0 Å². The van der Waals surface area contributed by atoms with E-state index in [2.05, 4.69) is 34.6 Å². The Bertz CT molecular complexity index is 1880. The van der Waals surface area contributed by atoms with Gasteiger partial charge in [0.15, 0.2) is 12.2 Å². The lowest BCUT2D eigenvalue weighted by Gasteiger charge is -2.21. The summed E-state index contributed by atoms with van der Waals surface area (Å²) in [5.74, 6) is -1.27. The topological polar surface area (TPSA) is 237 Å². The van der Waals surface area contributed by atoms with Gasteiger partial charge in [-0.1, -0.05) is 369 Å². The van der Waals surface area contributed by atoms with Gasteiger partial charge in [-0.3, -0.25) is 37.3 Å². The van der Waals surface area contributed by atoms with Crippen molar-refractivity contribution in [2.75, 3.05) is 39.6 Å². The largest absolute Gasteiger partial charge is 0.472 e. The molecule has 0 heterocycles. The Morgan fingerprint density at radius 2 is 0.490 bits per heavy atom. The molecule has 0 aromatic carbocycles. The Morgan fingerprint density at radius 1 is 0.286 bits per heavy atom. The van der Waals surface area contributed by atoms with Crippen molar-refractivity contribution < 1.29 is 80.2 Å². The molecule has 0 aliphatic heterocycles. The molecule has 0 aromatic rings. The molecule has 3 N–H and O–H groups in total. The van der Waals surface area contributed by atoms with Crippen LogP contribution in [0.2, 0.25) is 0 Å². The maximum Gasteiger partial charge on any atom is 0.472 e. The second-order valence-electron chi connectivity index (χ2n) is 28.7. The molecule has 19 heteroatoms. The highest BCUT2D eigenvalue weighted by molar-refractivity contribution is 7.47. The smallest absolute Gasteiger partial charge is 0.462 e. The zero-order valence-electron chi connectivity index (χ0n) is 63.9. The Morgan fingerprint density at radius 3 is 0.724 bits per heavy atom. The van der Waals surface area contributed by atoms with Gasteiger partial charge in [-0.25, -0.2) is 9.13 Å². The highest BCUT2D eigenvalue weighted by atomic mass is 31.2. The number of unbranched alkanes of at least 4 members (excludes halogenated alkanes) is 50. The van der Waals surface area contributed by atoms with E-state index < -0.39 is 97.5 Å². The lowest BCUT2D eigenvalue weighted by atomic mass is 9.99. The molecule has 0 aliphatic rings. The van der Waals surface area contributed by atoms with Gasteiger partial charge in [-0.15, -0.1) is 0 Å². The molecule has 0 fully saturated rings. The third-order valence-electron chi connectivity index (χ3n) is 18.9. The SMILES string of the molecule is CCCCCCCCCCCCCCCCCCCCCCCCC(=O)O[C@H](COC(=O)CCCCCCCCCCCCCCCCC(C)CC)COP(=O)(O)OC[C@@H](O)COP(=O)(O)OC[C@@H](COC(=O)CCCCCCCCC)OC(=O)CCCCCCCCCCCCC. The molecule has 0 rings (SSSR count). The van der Waals surface area contributed by atoms with Crippen molar-refractivity contribution in [3.8, 4) is 0 Å². The number of phosphoric ester groups is 2. The van der Waals surface area contributed by atoms with Gasteiger partial charge >= 0.3 is 39.5 Å². The number of carbonyl (C=O) groups is 4. The van der Waals surface area contributed by atoms with Gasteiger partial charge in [0.25, 0.3) is 0 Å². The number of hydrogen-bond donors (Lipinski definition) is 3. The Balaban J connectivity index is 5.15. The molecule has 0 bridgehead atoms. The monoisotopic (exact) mass is 1440 g/mol. The van der Waals surface area contributed by atoms with E-state index in [1.807, 2.05) is 0 Å². The first-order valence-corrected chi connectivity index (χ1v) is 44.2. The number of aliphatic hydroxyl groups is 1. The van der Waals surface area contributed by atoms with Gasteiger partial charge in [0.1, 0.15) is 19.3 Å². The molecule has 0 spiro atoms. The van der Waals surface area contributed by atoms with Crippen LogP contribution in [-0.4, -0.2) is 96.7 Å². The lowest BCUT2D eigenvalue weighted by molar-refractivity contribution is -0.161. The number of ether oxygens (including phenoxy) is 4. The lowest BCUT2D eigenvalue weighted by Crippen LogP contribution is -2.30. The van der Waals surface area contributed by atoms with Crippen molar-refractivity contribution in [1.82, 2.24) is 0 Å². The third kappa shape index (κ3) is 71.1. The standard InChI is InChI=1S/C79H154O17P2/c1-6-10-13-16-19-21-23-24-25-26-27-28-29-30-31-32-37-41-45-50-55-60-65-79(84)96-75(69-90-77(82)63-58-53-48-43-40-36-34-33-35-39-42-47-51-56-61-72(5)9-4)71-94-98(87,88)92-67-73(80)66-91-97(85,86)93-70-74(68-89-76(81)62-57-52-46-18-15-12-8-3)95-78(83)64-59-54-49-44-38-22-20-17-14-11-7-2/h72-75,80H,6-71H2,1-5H3,(H,85,86)(H,87,88)/t72?,73-,74+,75+/m0/s1. The number of hydrogen-bond acceptors (Lipinski definition) is 15. The molecule has 582 valence electrons. The average Bonchev–Trinajstić information content (AvgIpc) is 1.14. The number of rotatable bonds is 79. The van der Waals surface area contributed by atoms with Gasteiger partial charge in [0.2, 0.25) is 0 Å². The summed E-state index contributed by atoms with van der Waals surface area (Å²) in [5.41, 5.74) is 0. The first-order valence-electron chi connectivity index (χ1n) is 41.2. The summed E-state index contributed by atoms with van der Waals surface area (Å²) in [5, 5.41) is 10.6. The first-order chi connectivity index (χ1) is 47.6. The van der Waals surface area contributed by atoms with E-state index in [1.165, 1.54) is 231 Å². The Hall–Kier alpha value is -1.94. The van der Waals surface area contributed by atoms with Gasteiger partial charge in [0, 0.05) is 25.7 Å². The van der Waals surface area contributed by atoms with Crippen LogP contribution in [0.1, 0.15) is 420 Å². The minimum Gasteiger partial charge on any atom is -0.462 e. The van der Waals surface area contributed by atoms with Crippen molar-refractivity contribution in [2.45, 2.75) is 438 Å². The predicted octanol–water partition coefficient (Wildman–Crippen LogP) is 23.6. The van der Waals surface area contributed by atoms with Crippen LogP contribution in [-0.2, 0) is 65.4 Å². The number of carbonyl (C=O) groups excluding carboxylic acids is 4. The van der Waals surface area contributed by atoms with Crippen LogP contribution in [0.3, 0.4) is 0 Å². The van der Waals surface area contributed by atoms with Crippen LogP contribution >= 0.6 is 15.6 Å². The molecular weight excluding hydrogens is 1280 g/mol. The fourth-order valence-electron chi connectivity index (χ4n) is 12.2. The summed E-state index contributed by atoms with van der Waals surface area (Å²) in [6, 6.07) is 0. The average molecular weight is 1440 g/mol. The van der Waals surface area contributed by atoms with Crippen LogP contribution in [0.15, 0.2) is 0 Å². The summed E-state index contributed by atoms with van der Waals surface area (Å²) < 4.78 is 68.5. The van der Waals surface area contributed by atoms with Crippen molar-refractivity contribution in [2.24, 2.45) is 5.92 Å². The van der Waals surface area contributed by atoms with E-state index >= 15 is 0 Å². The normalized spacial score (nSPS) is 14.2. The van der Waals surface area contributed by atoms with Gasteiger partial charge in [-0.05, 0) is 31.6 Å². The number of esters is 4. The molecule has 17 nitrogen and oxygen atoms in total. The quantitative estimate of drug-likeness (QED) is 0.0222. The minimum atomic E-state index is -4.96. The van der Waals surface area contributed by atoms with E-state index in [-0.39, 0.29) is 25.7 Å². The zero-order chi connectivity index (χ0) is 71.9. The van der Waals surface area contributed by atoms with Crippen LogP contribution in [0.5, 0.6) is 0 Å². The Labute approximate surface area is 600 Å². The zero-order valence-corrected chi connectivity index (χ0v) is 65.7. The van der Waals surface area contributed by atoms with Crippen LogP contribution < -0.4 is 0 Å². The second kappa shape index (κ2) is 72.0. The second-order valence-corrected chi connectivity index (χ2v) is 31.6. The number of aliphatic hydroxyl groups excluding tert-OH is 1. The van der Waals surface area contributed by atoms with E-state index in [0.29, 0.717) is 25.7 Å². The molecular formula is C79H154O17P2. The molecule has 0 aromatic heterocycles. The highest BCUT2D eigenvalue weighted by Gasteiger charge is 2.30. The fourth-order valence-corrected chi connectivity index (χ4v) is 13.8. The molecule has 0 saturated heterocycles. The van der Waals surface area contributed by atoms with Crippen molar-refractivity contribution in [3.05, 3.63) is 0 Å². The minimum absolute atomic E-state index is 0.107. The van der Waals surface area contributed by atoms with Crippen molar-refractivity contribution >= 4 is 39.5 Å². The van der Waals surface area contributed by atoms with E-state index in [4.69, 9.17) is 37.0 Å². The maximum atomic E-state index is 13.1. The van der Waals surface area contributed by atoms with Crippen LogP contribution in [0, 0.1) is 5.92 Å². The Kier molecular flexibility index (Phi) is 70.6. The maximum absolute atomic E-state index is 13.1. The number of phosphoric acid groups is 2. The van der Waals surface area contributed by atoms with E-state index in [1.54, 1.807) is 0 Å². The van der Waals surface area contributed by atoms with Crippen LogP contribution in [0.4, 0.5) is 0 Å². The fraction of sp³-hybridized carbons (Fsp3) is 0.949. The first kappa shape index (κ1) is 96.1. The van der Waals surface area contributed by atoms with E-state index in [9.17, 15) is 43.2 Å². The predicted molar refractivity (Wildman–Crippen MR) is 400 cm³/mol. The van der Waals surface area contributed by atoms with E-state index in [0.717, 1.165) is 109 Å². The molecule has 0 radical (unpaired) electrons. The summed E-state index contributed by atoms with van der Waals surface area (Å²) >= 11 is 0. The molecule has 3 unspecified atom stereocenters. The molecule has 0 amide bonds. The summed E-state index contributed by atoms with van der Waals surface area (Å²) in [6.07, 6.45) is 62.7. The summed E-state index contributed by atoms with van der Waals surface area (Å²) in [4.78, 5) is 72.7. The van der Waals surface area contributed by atoms with Crippen molar-refractivity contribution in [1.29, 1.82) is 0 Å². The summed E-state index contributed by atoms with van der Waals surface area (Å²) in [6.45, 7) is 7.32. The molecule has 0 aliphatic carbocycles. The third-order valence-corrected chi connectivity index (χ3v) is 20.8. The molecule has 0 saturated carbocycles. The molecule has 6 atom stereocenters. The van der Waals surface area contributed by atoms with Crippen molar-refractivity contribution in [3.63, 3.8) is 0 Å². The summed E-state index contributed by atoms with van der Waals surface area (Å²) in [7, 11) is -9.91. The molecule has 98 heavy (non-hydrogen) atoms. The highest BCUT2D eigenvalue weighted by Crippen LogP contribution is 2.45. The van der Waals surface area contributed by atoms with Gasteiger partial charge in [-0.2, -0.15) is 0 Å².